The highest BCUT2D eigenvalue weighted by Crippen LogP contribution is 2.39. The molecule has 0 aliphatic heterocycles. The Bertz CT molecular complexity index is 2160. The van der Waals surface area contributed by atoms with Crippen LogP contribution in [0.2, 0.25) is 0 Å². The minimum Gasteiger partial charge on any atom is -0.456 e. The molecule has 0 amide bonds. The summed E-state index contributed by atoms with van der Waals surface area (Å²) in [6.45, 7) is 0. The summed E-state index contributed by atoms with van der Waals surface area (Å²) in [6.07, 6.45) is 0. The first-order valence-electron chi connectivity index (χ1n) is 13.1. The van der Waals surface area contributed by atoms with E-state index in [1.54, 1.807) is 0 Å². The molecule has 0 radical (unpaired) electrons. The molecule has 182 valence electrons. The van der Waals surface area contributed by atoms with Gasteiger partial charge in [0, 0.05) is 27.3 Å². The molecule has 0 atom stereocenters. The number of fused-ring (bicyclic) bond motifs is 6. The van der Waals surface area contributed by atoms with Gasteiger partial charge < -0.3 is 4.42 Å². The molecule has 2 heterocycles. The van der Waals surface area contributed by atoms with Gasteiger partial charge in [0.15, 0.2) is 0 Å². The van der Waals surface area contributed by atoms with Gasteiger partial charge in [-0.2, -0.15) is 0 Å². The highest BCUT2D eigenvalue weighted by molar-refractivity contribution is 6.13. The van der Waals surface area contributed by atoms with Gasteiger partial charge in [-0.05, 0) is 40.8 Å². The highest BCUT2D eigenvalue weighted by Gasteiger charge is 2.16. The van der Waals surface area contributed by atoms with Crippen LogP contribution >= 0.6 is 0 Å². The Morgan fingerprint density at radius 1 is 0.462 bits per heavy atom. The van der Waals surface area contributed by atoms with E-state index in [1.165, 1.54) is 0 Å². The average molecular weight is 499 g/mol. The molecule has 2 aromatic heterocycles. The highest BCUT2D eigenvalue weighted by atomic mass is 16.3. The van der Waals surface area contributed by atoms with Gasteiger partial charge in [-0.15, -0.1) is 0 Å². The minimum atomic E-state index is 0.886. The van der Waals surface area contributed by atoms with Crippen molar-refractivity contribution in [2.45, 2.75) is 0 Å². The first kappa shape index (κ1) is 21.8. The lowest BCUT2D eigenvalue weighted by molar-refractivity contribution is 0.669. The molecule has 3 heteroatoms. The summed E-state index contributed by atoms with van der Waals surface area (Å²) in [5, 5.41) is 4.50. The van der Waals surface area contributed by atoms with Crippen LogP contribution in [-0.2, 0) is 0 Å². The van der Waals surface area contributed by atoms with Crippen LogP contribution in [0, 0.1) is 0 Å². The number of benzene rings is 6. The summed E-state index contributed by atoms with van der Waals surface area (Å²) in [7, 11) is 0. The predicted molar refractivity (Wildman–Crippen MR) is 161 cm³/mol. The Morgan fingerprint density at radius 3 is 1.95 bits per heavy atom. The number of para-hydroxylation sites is 1. The van der Waals surface area contributed by atoms with E-state index in [1.807, 2.05) is 54.6 Å². The number of nitrogens with zero attached hydrogens (tertiary/aromatic N) is 2. The van der Waals surface area contributed by atoms with Crippen molar-refractivity contribution in [3.05, 3.63) is 133 Å². The van der Waals surface area contributed by atoms with Crippen LogP contribution in [-0.4, -0.2) is 9.97 Å². The quantitative estimate of drug-likeness (QED) is 0.228. The summed E-state index contributed by atoms with van der Waals surface area (Å²) in [5.74, 6) is 0. The Morgan fingerprint density at radius 2 is 1.15 bits per heavy atom. The largest absolute Gasteiger partial charge is 0.456 e. The first-order valence-corrected chi connectivity index (χ1v) is 13.1. The third-order valence-electron chi connectivity index (χ3n) is 7.46. The third-order valence-corrected chi connectivity index (χ3v) is 7.46. The van der Waals surface area contributed by atoms with Crippen molar-refractivity contribution in [1.29, 1.82) is 0 Å². The average Bonchev–Trinajstić information content (AvgIpc) is 3.40. The minimum absolute atomic E-state index is 0.886. The lowest BCUT2D eigenvalue weighted by atomic mass is 9.96. The molecule has 0 N–H and O–H groups in total. The van der Waals surface area contributed by atoms with Crippen LogP contribution in [0.1, 0.15) is 0 Å². The van der Waals surface area contributed by atoms with E-state index in [-0.39, 0.29) is 0 Å². The van der Waals surface area contributed by atoms with Crippen molar-refractivity contribution in [3.63, 3.8) is 0 Å². The van der Waals surface area contributed by atoms with E-state index in [0.29, 0.717) is 0 Å². The molecule has 3 nitrogen and oxygen atoms in total. The van der Waals surface area contributed by atoms with E-state index in [0.717, 1.165) is 77.4 Å². The maximum atomic E-state index is 6.14. The zero-order valence-corrected chi connectivity index (χ0v) is 21.0. The van der Waals surface area contributed by atoms with Gasteiger partial charge in [0.05, 0.1) is 22.4 Å². The fraction of sp³-hybridized carbons (Fsp3) is 0. The summed E-state index contributed by atoms with van der Waals surface area (Å²) in [6, 6.07) is 46.0. The third kappa shape index (κ3) is 3.52. The van der Waals surface area contributed by atoms with Gasteiger partial charge in [-0.3, -0.25) is 0 Å². The van der Waals surface area contributed by atoms with Gasteiger partial charge in [-0.1, -0.05) is 109 Å². The van der Waals surface area contributed by atoms with E-state index >= 15 is 0 Å². The molecular weight excluding hydrogens is 476 g/mol. The van der Waals surface area contributed by atoms with Crippen LogP contribution in [0.4, 0.5) is 0 Å². The van der Waals surface area contributed by atoms with E-state index in [4.69, 9.17) is 14.4 Å². The molecule has 0 saturated heterocycles. The Kier molecular flexibility index (Phi) is 4.82. The van der Waals surface area contributed by atoms with E-state index in [9.17, 15) is 0 Å². The molecule has 0 saturated carbocycles. The second kappa shape index (κ2) is 8.64. The van der Waals surface area contributed by atoms with Crippen LogP contribution in [0.15, 0.2) is 138 Å². The molecule has 0 fully saturated rings. The molecule has 39 heavy (non-hydrogen) atoms. The molecule has 0 aliphatic rings. The molecule has 0 unspecified atom stereocenters. The molecule has 0 spiro atoms. The lowest BCUT2D eigenvalue weighted by Crippen LogP contribution is -1.96. The summed E-state index contributed by atoms with van der Waals surface area (Å²) < 4.78 is 6.14. The maximum Gasteiger partial charge on any atom is 0.136 e. The SMILES string of the molecule is c1ccc(-c2nc3ccc4cc(-c5cccc6oc7ccccc7c56)ccc4c3nc2-c2ccccc2)cc1. The van der Waals surface area contributed by atoms with E-state index < -0.39 is 0 Å². The second-order valence-corrected chi connectivity index (χ2v) is 9.80. The normalized spacial score (nSPS) is 11.6. The first-order chi connectivity index (χ1) is 19.3. The van der Waals surface area contributed by atoms with E-state index in [2.05, 4.69) is 78.9 Å². The maximum absolute atomic E-state index is 6.14. The molecule has 0 bridgehead atoms. The van der Waals surface area contributed by atoms with Crippen LogP contribution in [0.3, 0.4) is 0 Å². The van der Waals surface area contributed by atoms with Crippen LogP contribution in [0.25, 0.3) is 77.4 Å². The topological polar surface area (TPSA) is 38.9 Å². The molecule has 8 aromatic rings. The Labute approximate surface area is 225 Å². The summed E-state index contributed by atoms with van der Waals surface area (Å²) in [5.41, 5.74) is 9.81. The van der Waals surface area contributed by atoms with Crippen molar-refractivity contribution in [3.8, 4) is 33.6 Å². The monoisotopic (exact) mass is 498 g/mol. The zero-order chi connectivity index (χ0) is 25.8. The summed E-state index contributed by atoms with van der Waals surface area (Å²) in [4.78, 5) is 10.4. The molecule has 0 aliphatic carbocycles. The van der Waals surface area contributed by atoms with Crippen molar-refractivity contribution in [1.82, 2.24) is 9.97 Å². The fourth-order valence-electron chi connectivity index (χ4n) is 5.63. The zero-order valence-electron chi connectivity index (χ0n) is 21.0. The summed E-state index contributed by atoms with van der Waals surface area (Å²) >= 11 is 0. The molecule has 8 rings (SSSR count). The van der Waals surface area contributed by atoms with Crippen LogP contribution < -0.4 is 0 Å². The van der Waals surface area contributed by atoms with Crippen molar-refractivity contribution in [2.75, 3.05) is 0 Å². The van der Waals surface area contributed by atoms with Gasteiger partial charge in [0.1, 0.15) is 11.2 Å². The fourth-order valence-corrected chi connectivity index (χ4v) is 5.63. The number of aromatic nitrogens is 2. The Balaban J connectivity index is 1.36. The van der Waals surface area contributed by atoms with Gasteiger partial charge in [-0.25, -0.2) is 9.97 Å². The smallest absolute Gasteiger partial charge is 0.136 e. The predicted octanol–water partition coefficient (Wildman–Crippen LogP) is 9.68. The lowest BCUT2D eigenvalue weighted by Gasteiger charge is -2.13. The van der Waals surface area contributed by atoms with Gasteiger partial charge >= 0.3 is 0 Å². The molecular formula is C36H22N2O. The standard InChI is InChI=1S/C36H22N2O/c1-3-10-23(11-4-1)34-35(24-12-5-2-6-13-24)38-36-28-20-18-25(22-26(28)19-21-30(36)37-34)27-15-9-17-32-33(27)29-14-7-8-16-31(29)39-32/h1-22H. The number of hydrogen-bond acceptors (Lipinski definition) is 3. The van der Waals surface area contributed by atoms with Crippen molar-refractivity contribution in [2.24, 2.45) is 0 Å². The van der Waals surface area contributed by atoms with Crippen molar-refractivity contribution < 1.29 is 4.42 Å². The second-order valence-electron chi connectivity index (χ2n) is 9.80. The van der Waals surface area contributed by atoms with Crippen molar-refractivity contribution >= 4 is 43.7 Å². The number of hydrogen-bond donors (Lipinski definition) is 0. The van der Waals surface area contributed by atoms with Crippen LogP contribution in [0.5, 0.6) is 0 Å². The number of furan rings is 1. The molecule has 6 aromatic carbocycles. The van der Waals surface area contributed by atoms with Gasteiger partial charge in [0.2, 0.25) is 0 Å². The Hall–Kier alpha value is -5.28. The number of rotatable bonds is 3. The van der Waals surface area contributed by atoms with Gasteiger partial charge in [0.25, 0.3) is 0 Å².